The molecule has 0 spiro atoms. The molecule has 0 saturated heterocycles. The Kier molecular flexibility index (Phi) is 4.39. The molecule has 0 aliphatic heterocycles. The predicted molar refractivity (Wildman–Crippen MR) is 76.3 cm³/mol. The summed E-state index contributed by atoms with van der Waals surface area (Å²) in [6, 6.07) is 5.77. The van der Waals surface area contributed by atoms with Crippen LogP contribution in [-0.4, -0.2) is 10.9 Å². The van der Waals surface area contributed by atoms with Gasteiger partial charge in [0.15, 0.2) is 5.82 Å². The van der Waals surface area contributed by atoms with Gasteiger partial charge in [-0.15, -0.1) is 0 Å². The number of nitrogens with zero attached hydrogens (tertiary/aromatic N) is 1. The number of halogens is 4. The molecule has 0 bridgehead atoms. The number of pyridine rings is 1. The van der Waals surface area contributed by atoms with E-state index in [0.717, 1.165) is 0 Å². The molecule has 0 fully saturated rings. The topological polar surface area (TPSA) is 42.0 Å². The minimum Gasteiger partial charge on any atom is -0.320 e. The number of carbonyl (C=O) groups excluding carboxylic acids is 1. The van der Waals surface area contributed by atoms with Crippen molar-refractivity contribution in [1.29, 1.82) is 0 Å². The second-order valence-electron chi connectivity index (χ2n) is 3.55. The van der Waals surface area contributed by atoms with Gasteiger partial charge in [0.1, 0.15) is 5.15 Å². The Hall–Kier alpha value is -1.17. The summed E-state index contributed by atoms with van der Waals surface area (Å²) in [7, 11) is 0. The van der Waals surface area contributed by atoms with Gasteiger partial charge in [-0.25, -0.2) is 9.37 Å². The number of amides is 1. The lowest BCUT2D eigenvalue weighted by Crippen LogP contribution is -2.14. The summed E-state index contributed by atoms with van der Waals surface area (Å²) in [6.07, 6.45) is 1.37. The van der Waals surface area contributed by atoms with Crippen LogP contribution in [0.3, 0.4) is 0 Å². The normalized spacial score (nSPS) is 10.3. The lowest BCUT2D eigenvalue weighted by molar-refractivity contribution is 0.102. The van der Waals surface area contributed by atoms with Gasteiger partial charge >= 0.3 is 0 Å². The molecule has 2 aromatic rings. The molecule has 0 saturated carbocycles. The Bertz CT molecular complexity index is 652. The van der Waals surface area contributed by atoms with Crippen molar-refractivity contribution in [2.75, 3.05) is 5.32 Å². The molecule has 1 aromatic carbocycles. The molecule has 0 aliphatic rings. The molecule has 0 unspecified atom stereocenters. The van der Waals surface area contributed by atoms with Crippen LogP contribution in [0.15, 0.2) is 34.9 Å². The van der Waals surface area contributed by atoms with Crippen LogP contribution in [0.4, 0.5) is 10.1 Å². The molecule has 3 nitrogen and oxygen atoms in total. The average Bonchev–Trinajstić information content (AvgIpc) is 2.37. The second-order valence-corrected chi connectivity index (χ2v) is 5.17. The van der Waals surface area contributed by atoms with Gasteiger partial charge in [0, 0.05) is 0 Å². The number of carbonyl (C=O) groups is 1. The van der Waals surface area contributed by atoms with E-state index in [2.05, 4.69) is 26.2 Å². The zero-order chi connectivity index (χ0) is 14.0. The molecule has 1 aromatic heterocycles. The van der Waals surface area contributed by atoms with E-state index in [-0.39, 0.29) is 15.7 Å². The van der Waals surface area contributed by atoms with Crippen LogP contribution in [0.1, 0.15) is 10.4 Å². The molecular weight excluding hydrogens is 358 g/mol. The predicted octanol–water partition coefficient (Wildman–Crippen LogP) is 4.54. The summed E-state index contributed by atoms with van der Waals surface area (Å²) in [6.45, 7) is 0. The second kappa shape index (κ2) is 5.86. The molecule has 2 rings (SSSR count). The summed E-state index contributed by atoms with van der Waals surface area (Å²) >= 11 is 14.5. The van der Waals surface area contributed by atoms with Crippen LogP contribution >= 0.6 is 39.1 Å². The van der Waals surface area contributed by atoms with Crippen LogP contribution in [0.2, 0.25) is 10.2 Å². The maximum atomic E-state index is 13.7. The van der Waals surface area contributed by atoms with Crippen molar-refractivity contribution in [3.05, 3.63) is 56.5 Å². The zero-order valence-corrected chi connectivity index (χ0v) is 12.4. The van der Waals surface area contributed by atoms with Gasteiger partial charge in [-0.1, -0.05) is 29.3 Å². The van der Waals surface area contributed by atoms with Gasteiger partial charge in [-0.3, -0.25) is 4.79 Å². The van der Waals surface area contributed by atoms with Gasteiger partial charge in [-0.2, -0.15) is 0 Å². The Balaban J connectivity index is 2.26. The maximum Gasteiger partial charge on any atom is 0.258 e. The lowest BCUT2D eigenvalue weighted by Gasteiger charge is -2.07. The number of hydrogen-bond acceptors (Lipinski definition) is 2. The van der Waals surface area contributed by atoms with Crippen molar-refractivity contribution in [3.8, 4) is 0 Å². The molecule has 7 heteroatoms. The number of nitrogens with one attached hydrogen (secondary N) is 1. The Morgan fingerprint density at radius 3 is 2.79 bits per heavy atom. The first-order valence-corrected chi connectivity index (χ1v) is 6.60. The molecule has 1 amide bonds. The summed E-state index contributed by atoms with van der Waals surface area (Å²) in [5, 5.41) is 2.67. The molecule has 1 N–H and O–H groups in total. The van der Waals surface area contributed by atoms with Crippen LogP contribution < -0.4 is 5.32 Å². The van der Waals surface area contributed by atoms with Crippen molar-refractivity contribution < 1.29 is 9.18 Å². The fraction of sp³-hybridized carbons (Fsp3) is 0. The van der Waals surface area contributed by atoms with Gasteiger partial charge < -0.3 is 5.32 Å². The van der Waals surface area contributed by atoms with Crippen LogP contribution in [0.25, 0.3) is 0 Å². The summed E-state index contributed by atoms with van der Waals surface area (Å²) in [5.41, 5.74) is 0.249. The number of rotatable bonds is 2. The lowest BCUT2D eigenvalue weighted by atomic mass is 10.2. The number of benzene rings is 1. The molecule has 1 heterocycles. The first kappa shape index (κ1) is 14.2. The molecular formula is C12H6BrCl2FN2O. The molecule has 0 radical (unpaired) electrons. The minimum absolute atomic E-state index is 0.108. The first-order chi connectivity index (χ1) is 8.99. The summed E-state index contributed by atoms with van der Waals surface area (Å²) in [4.78, 5) is 15.7. The third kappa shape index (κ3) is 3.23. The van der Waals surface area contributed by atoms with Gasteiger partial charge in [0.05, 0.1) is 26.9 Å². The number of aromatic nitrogens is 1. The SMILES string of the molecule is O=C(Nc1cnc(Cl)c(Br)c1)c1cccc(Cl)c1F. The highest BCUT2D eigenvalue weighted by molar-refractivity contribution is 9.10. The maximum absolute atomic E-state index is 13.7. The highest BCUT2D eigenvalue weighted by Crippen LogP contribution is 2.24. The fourth-order valence-corrected chi connectivity index (χ4v) is 1.99. The van der Waals surface area contributed by atoms with Gasteiger partial charge in [0.2, 0.25) is 0 Å². The molecule has 0 aliphatic carbocycles. The van der Waals surface area contributed by atoms with E-state index >= 15 is 0 Å². The van der Waals surface area contributed by atoms with E-state index in [0.29, 0.717) is 10.2 Å². The third-order valence-electron chi connectivity index (χ3n) is 2.25. The van der Waals surface area contributed by atoms with E-state index in [1.165, 1.54) is 24.4 Å². The Morgan fingerprint density at radius 2 is 2.11 bits per heavy atom. The molecule has 0 atom stereocenters. The van der Waals surface area contributed by atoms with E-state index < -0.39 is 11.7 Å². The number of anilines is 1. The highest BCUT2D eigenvalue weighted by atomic mass is 79.9. The van der Waals surface area contributed by atoms with Crippen molar-refractivity contribution in [1.82, 2.24) is 4.98 Å². The van der Waals surface area contributed by atoms with E-state index in [1.807, 2.05) is 0 Å². The van der Waals surface area contributed by atoms with E-state index in [1.54, 1.807) is 6.07 Å². The van der Waals surface area contributed by atoms with Crippen LogP contribution in [0.5, 0.6) is 0 Å². The van der Waals surface area contributed by atoms with Gasteiger partial charge in [-0.05, 0) is 34.1 Å². The largest absolute Gasteiger partial charge is 0.320 e. The zero-order valence-electron chi connectivity index (χ0n) is 9.25. The third-order valence-corrected chi connectivity index (χ3v) is 3.68. The molecule has 19 heavy (non-hydrogen) atoms. The van der Waals surface area contributed by atoms with Crippen molar-refractivity contribution in [3.63, 3.8) is 0 Å². The average molecular weight is 364 g/mol. The minimum atomic E-state index is -0.761. The smallest absolute Gasteiger partial charge is 0.258 e. The van der Waals surface area contributed by atoms with E-state index in [9.17, 15) is 9.18 Å². The van der Waals surface area contributed by atoms with Crippen molar-refractivity contribution in [2.24, 2.45) is 0 Å². The summed E-state index contributed by atoms with van der Waals surface area (Å²) in [5.74, 6) is -1.38. The fourth-order valence-electron chi connectivity index (χ4n) is 1.37. The van der Waals surface area contributed by atoms with E-state index in [4.69, 9.17) is 23.2 Å². The standard InChI is InChI=1S/C12H6BrCl2FN2O/c13-8-4-6(5-17-11(8)15)18-12(19)7-2-1-3-9(14)10(7)16/h1-5H,(H,18,19). The monoisotopic (exact) mass is 362 g/mol. The van der Waals surface area contributed by atoms with Crippen LogP contribution in [0, 0.1) is 5.82 Å². The molecule has 98 valence electrons. The van der Waals surface area contributed by atoms with Crippen molar-refractivity contribution in [2.45, 2.75) is 0 Å². The Morgan fingerprint density at radius 1 is 1.37 bits per heavy atom. The highest BCUT2D eigenvalue weighted by Gasteiger charge is 2.14. The van der Waals surface area contributed by atoms with Crippen LogP contribution in [-0.2, 0) is 0 Å². The van der Waals surface area contributed by atoms with Gasteiger partial charge in [0.25, 0.3) is 5.91 Å². The quantitative estimate of drug-likeness (QED) is 0.795. The Labute approximate surface area is 126 Å². The number of hydrogen-bond donors (Lipinski definition) is 1. The summed E-state index contributed by atoms with van der Waals surface area (Å²) < 4.78 is 14.2. The first-order valence-electron chi connectivity index (χ1n) is 5.05. The van der Waals surface area contributed by atoms with Crippen molar-refractivity contribution >= 4 is 50.7 Å².